The van der Waals surface area contributed by atoms with E-state index in [1.807, 2.05) is 54.8 Å². The molecule has 0 radical (unpaired) electrons. The van der Waals surface area contributed by atoms with Gasteiger partial charge >= 0.3 is 0 Å². The second-order valence-corrected chi connectivity index (χ2v) is 10.6. The van der Waals surface area contributed by atoms with Crippen molar-refractivity contribution in [3.8, 4) is 5.69 Å². The third kappa shape index (κ3) is 4.61. The first-order valence-electron chi connectivity index (χ1n) is 11.7. The third-order valence-corrected chi connectivity index (χ3v) is 7.90. The van der Waals surface area contributed by atoms with Crippen LogP contribution in [-0.4, -0.2) is 36.4 Å². The molecule has 190 valence electrons. The Balaban J connectivity index is 1.25. The minimum atomic E-state index is -0.373. The molecule has 1 amide bonds. The average molecular weight is 545 g/mol. The maximum Gasteiger partial charge on any atom is 0.262 e. The van der Waals surface area contributed by atoms with Crippen LogP contribution in [0.25, 0.3) is 22.4 Å². The predicted octanol–water partition coefficient (Wildman–Crippen LogP) is 4.84. The molecule has 11 heteroatoms. The monoisotopic (exact) mass is 544 g/mol. The lowest BCUT2D eigenvalue weighted by Crippen LogP contribution is -2.40. The molecule has 8 nitrogen and oxygen atoms in total. The standard InChI is InChI=1S/C27H21FN6O2S2/c1-16-4-6-17(7-5-16)22-13-21(23-3-2-12-37-23)32-34(22)24(35)15-38-27-30-25-20(26(36)31-27)14-29-33(25)19-10-8-18(28)9-11-19/h2-14,22,32H,15H2,1H3,(H,30,31,36). The number of halogens is 1. The van der Waals surface area contributed by atoms with E-state index in [0.717, 1.165) is 33.5 Å². The van der Waals surface area contributed by atoms with Crippen LogP contribution in [0.15, 0.2) is 88.3 Å². The van der Waals surface area contributed by atoms with E-state index in [9.17, 15) is 14.0 Å². The highest BCUT2D eigenvalue weighted by molar-refractivity contribution is 7.99. The summed E-state index contributed by atoms with van der Waals surface area (Å²) >= 11 is 2.73. The summed E-state index contributed by atoms with van der Waals surface area (Å²) in [4.78, 5) is 34.5. The van der Waals surface area contributed by atoms with Gasteiger partial charge in [-0.1, -0.05) is 47.7 Å². The molecule has 1 atom stereocenters. The van der Waals surface area contributed by atoms with Gasteiger partial charge in [0.05, 0.1) is 34.3 Å². The molecule has 4 heterocycles. The van der Waals surface area contributed by atoms with Crippen LogP contribution in [0.3, 0.4) is 0 Å². The van der Waals surface area contributed by atoms with Crippen molar-refractivity contribution in [3.05, 3.63) is 110 Å². The number of amides is 1. The Morgan fingerprint density at radius 2 is 1.92 bits per heavy atom. The van der Waals surface area contributed by atoms with E-state index < -0.39 is 0 Å². The lowest BCUT2D eigenvalue weighted by atomic mass is 10.0. The number of hydrogen-bond acceptors (Lipinski definition) is 7. The predicted molar refractivity (Wildman–Crippen MR) is 146 cm³/mol. The molecule has 0 bridgehead atoms. The van der Waals surface area contributed by atoms with E-state index in [1.165, 1.54) is 23.0 Å². The SMILES string of the molecule is Cc1ccc(C2C=C(c3cccs3)NN2C(=O)CSc2nc3c(cnn3-c3ccc(F)cc3)c(=O)[nH]2)cc1. The van der Waals surface area contributed by atoms with Gasteiger partial charge in [-0.25, -0.2) is 19.1 Å². The fraction of sp³-hybridized carbons (Fsp3) is 0.111. The fourth-order valence-electron chi connectivity index (χ4n) is 4.20. The van der Waals surface area contributed by atoms with Crippen molar-refractivity contribution < 1.29 is 9.18 Å². The number of rotatable bonds is 6. The maximum absolute atomic E-state index is 13.4. The van der Waals surface area contributed by atoms with Gasteiger partial charge in [0.2, 0.25) is 0 Å². The summed E-state index contributed by atoms with van der Waals surface area (Å²) in [6.07, 6.45) is 3.47. The number of nitrogens with one attached hydrogen (secondary N) is 2. The second kappa shape index (κ2) is 9.92. The molecule has 0 spiro atoms. The Hall–Kier alpha value is -4.22. The number of thioether (sulfide) groups is 1. The highest BCUT2D eigenvalue weighted by Gasteiger charge is 2.31. The molecule has 1 unspecified atom stereocenters. The highest BCUT2D eigenvalue weighted by Crippen LogP contribution is 2.33. The van der Waals surface area contributed by atoms with Crippen LogP contribution in [0.5, 0.6) is 0 Å². The fourth-order valence-corrected chi connectivity index (χ4v) is 5.62. The maximum atomic E-state index is 13.4. The van der Waals surface area contributed by atoms with E-state index in [0.29, 0.717) is 16.7 Å². The zero-order valence-electron chi connectivity index (χ0n) is 20.1. The van der Waals surface area contributed by atoms with Gasteiger partial charge in [0.15, 0.2) is 10.8 Å². The van der Waals surface area contributed by atoms with Gasteiger partial charge in [-0.15, -0.1) is 11.3 Å². The minimum absolute atomic E-state index is 0.0417. The molecule has 38 heavy (non-hydrogen) atoms. The number of carbonyl (C=O) groups is 1. The first kappa shape index (κ1) is 24.1. The molecule has 2 N–H and O–H groups in total. The van der Waals surface area contributed by atoms with Crippen molar-refractivity contribution in [1.29, 1.82) is 0 Å². The normalized spacial score (nSPS) is 15.1. The molecule has 1 aliphatic rings. The Bertz CT molecular complexity index is 1710. The van der Waals surface area contributed by atoms with Crippen LogP contribution < -0.4 is 11.0 Å². The molecule has 5 aromatic rings. The number of aromatic amines is 1. The van der Waals surface area contributed by atoms with Gasteiger partial charge in [0.25, 0.3) is 11.5 Å². The van der Waals surface area contributed by atoms with E-state index in [-0.39, 0.29) is 34.2 Å². The third-order valence-electron chi connectivity index (χ3n) is 6.14. The van der Waals surface area contributed by atoms with Crippen molar-refractivity contribution in [1.82, 2.24) is 30.2 Å². The largest absolute Gasteiger partial charge is 0.301 e. The lowest BCUT2D eigenvalue weighted by molar-refractivity contribution is -0.131. The summed E-state index contributed by atoms with van der Waals surface area (Å²) in [6.45, 7) is 2.02. The minimum Gasteiger partial charge on any atom is -0.301 e. The first-order chi connectivity index (χ1) is 18.5. The second-order valence-electron chi connectivity index (χ2n) is 8.72. The molecule has 0 fully saturated rings. The molecular weight excluding hydrogens is 523 g/mol. The quantitative estimate of drug-likeness (QED) is 0.235. The number of hydrazine groups is 1. The number of H-pyrrole nitrogens is 1. The molecule has 2 aromatic carbocycles. The van der Waals surface area contributed by atoms with Crippen molar-refractivity contribution in [2.45, 2.75) is 18.1 Å². The van der Waals surface area contributed by atoms with Crippen LogP contribution in [0.4, 0.5) is 4.39 Å². The van der Waals surface area contributed by atoms with Crippen molar-refractivity contribution >= 4 is 45.7 Å². The number of benzene rings is 2. The topological polar surface area (TPSA) is 95.9 Å². The summed E-state index contributed by atoms with van der Waals surface area (Å²) in [7, 11) is 0. The van der Waals surface area contributed by atoms with E-state index >= 15 is 0 Å². The molecule has 0 saturated heterocycles. The van der Waals surface area contributed by atoms with Crippen LogP contribution >= 0.6 is 23.1 Å². The lowest BCUT2D eigenvalue weighted by Gasteiger charge is -2.25. The van der Waals surface area contributed by atoms with Crippen molar-refractivity contribution in [2.24, 2.45) is 0 Å². The number of nitrogens with zero attached hydrogens (tertiary/aromatic N) is 4. The number of carbonyl (C=O) groups excluding carboxylic acids is 1. The van der Waals surface area contributed by atoms with Crippen LogP contribution in [0.2, 0.25) is 0 Å². The molecule has 1 aliphatic heterocycles. The molecule has 3 aromatic heterocycles. The van der Waals surface area contributed by atoms with Crippen LogP contribution in [0.1, 0.15) is 22.0 Å². The van der Waals surface area contributed by atoms with E-state index in [4.69, 9.17) is 0 Å². The summed E-state index contributed by atoms with van der Waals surface area (Å²) in [5.41, 5.74) is 6.81. The first-order valence-corrected chi connectivity index (χ1v) is 13.6. The Morgan fingerprint density at radius 3 is 2.66 bits per heavy atom. The number of hydrogen-bond donors (Lipinski definition) is 2. The average Bonchev–Trinajstić information content (AvgIpc) is 3.68. The van der Waals surface area contributed by atoms with Gasteiger partial charge in [0.1, 0.15) is 11.2 Å². The number of thiophene rings is 1. The van der Waals surface area contributed by atoms with Crippen molar-refractivity contribution in [3.63, 3.8) is 0 Å². The van der Waals surface area contributed by atoms with Gasteiger partial charge in [-0.2, -0.15) is 5.10 Å². The summed E-state index contributed by atoms with van der Waals surface area (Å²) < 4.78 is 14.9. The smallest absolute Gasteiger partial charge is 0.262 e. The Labute approximate surface area is 224 Å². The van der Waals surface area contributed by atoms with Gasteiger partial charge in [-0.3, -0.25) is 15.0 Å². The van der Waals surface area contributed by atoms with E-state index in [1.54, 1.807) is 28.5 Å². The van der Waals surface area contributed by atoms with Crippen LogP contribution in [-0.2, 0) is 4.79 Å². The zero-order valence-corrected chi connectivity index (χ0v) is 21.7. The van der Waals surface area contributed by atoms with Gasteiger partial charge in [-0.05, 0) is 54.3 Å². The van der Waals surface area contributed by atoms with Gasteiger partial charge in [0, 0.05) is 0 Å². The summed E-state index contributed by atoms with van der Waals surface area (Å²) in [6, 6.07) is 17.5. The molecule has 0 aliphatic carbocycles. The number of aromatic nitrogens is 4. The molecule has 0 saturated carbocycles. The highest BCUT2D eigenvalue weighted by atomic mass is 32.2. The molecular formula is C27H21FN6O2S2. The van der Waals surface area contributed by atoms with Gasteiger partial charge < -0.3 is 4.98 Å². The molecule has 6 rings (SSSR count). The van der Waals surface area contributed by atoms with Crippen LogP contribution in [0, 0.1) is 12.7 Å². The van der Waals surface area contributed by atoms with Crippen molar-refractivity contribution in [2.75, 3.05) is 5.75 Å². The summed E-state index contributed by atoms with van der Waals surface area (Å²) in [5.74, 6) is -0.500. The summed E-state index contributed by atoms with van der Waals surface area (Å²) in [5, 5.41) is 8.45. The Kier molecular flexibility index (Phi) is 6.30. The van der Waals surface area contributed by atoms with E-state index in [2.05, 4.69) is 20.5 Å². The Morgan fingerprint density at radius 1 is 1.13 bits per heavy atom. The number of fused-ring (bicyclic) bond motifs is 1. The zero-order chi connectivity index (χ0) is 26.2. The number of aryl methyl sites for hydroxylation is 1.